The fourth-order valence-corrected chi connectivity index (χ4v) is 6.70. The van der Waals surface area contributed by atoms with Crippen molar-refractivity contribution in [1.29, 1.82) is 0 Å². The molecule has 0 fully saturated rings. The number of ether oxygens (including phenoxy) is 3. The lowest BCUT2D eigenvalue weighted by molar-refractivity contribution is -0.167. The van der Waals surface area contributed by atoms with E-state index < -0.39 is 6.10 Å². The number of carbonyl (C=O) groups is 3. The Bertz CT molecular complexity index is 1340. The van der Waals surface area contributed by atoms with Crippen LogP contribution < -0.4 is 0 Å². The second kappa shape index (κ2) is 51.7. The minimum atomic E-state index is -0.807. The second-order valence-corrected chi connectivity index (χ2v) is 16.7. The van der Waals surface area contributed by atoms with Crippen LogP contribution in [0.25, 0.3) is 0 Å². The highest BCUT2D eigenvalue weighted by Crippen LogP contribution is 2.14. The predicted octanol–water partition coefficient (Wildman–Crippen LogP) is 17.1. The highest BCUT2D eigenvalue weighted by molar-refractivity contribution is 5.71. The van der Waals surface area contributed by atoms with Crippen LogP contribution in [0, 0.1) is 0 Å². The average Bonchev–Trinajstić information content (AvgIpc) is 3.29. The Balaban J connectivity index is 4.28. The summed E-state index contributed by atoms with van der Waals surface area (Å²) in [5.41, 5.74) is 0. The predicted molar refractivity (Wildman–Crippen MR) is 274 cm³/mol. The van der Waals surface area contributed by atoms with Gasteiger partial charge >= 0.3 is 17.9 Å². The molecule has 0 bridgehead atoms. The van der Waals surface area contributed by atoms with Crippen molar-refractivity contribution in [2.75, 3.05) is 13.2 Å². The second-order valence-electron chi connectivity index (χ2n) is 16.7. The monoisotopic (exact) mass is 887 g/mol. The number of esters is 3. The molecule has 0 N–H and O–H groups in total. The van der Waals surface area contributed by atoms with Gasteiger partial charge in [-0.3, -0.25) is 14.4 Å². The zero-order chi connectivity index (χ0) is 46.5. The Kier molecular flexibility index (Phi) is 48.5. The van der Waals surface area contributed by atoms with Gasteiger partial charge in [0.25, 0.3) is 0 Å². The van der Waals surface area contributed by atoms with Crippen LogP contribution in [0.1, 0.15) is 220 Å². The minimum absolute atomic E-state index is 0.103. The third-order valence-corrected chi connectivity index (χ3v) is 10.5. The Labute approximate surface area is 393 Å². The molecule has 6 heteroatoms. The summed E-state index contributed by atoms with van der Waals surface area (Å²) < 4.78 is 16.6. The van der Waals surface area contributed by atoms with Gasteiger partial charge in [0.05, 0.1) is 0 Å². The minimum Gasteiger partial charge on any atom is -0.462 e. The molecule has 0 aliphatic heterocycles. The van der Waals surface area contributed by atoms with E-state index in [9.17, 15) is 14.4 Å². The van der Waals surface area contributed by atoms with Crippen molar-refractivity contribution in [3.05, 3.63) is 109 Å². The van der Waals surface area contributed by atoms with E-state index in [4.69, 9.17) is 14.2 Å². The summed E-state index contributed by atoms with van der Waals surface area (Å²) >= 11 is 0. The van der Waals surface area contributed by atoms with E-state index in [1.807, 2.05) is 0 Å². The molecular weight excluding hydrogens is 793 g/mol. The van der Waals surface area contributed by atoms with Crippen molar-refractivity contribution in [3.63, 3.8) is 0 Å². The van der Waals surface area contributed by atoms with Crippen molar-refractivity contribution in [3.8, 4) is 0 Å². The summed E-state index contributed by atoms with van der Waals surface area (Å²) in [5.74, 6) is -0.982. The standard InChI is InChI=1S/C58H94O6/c1-4-7-10-13-16-18-20-22-24-26-27-28-29-30-31-33-34-36-38-40-42-45-48-51-57(60)63-54-55(53-62-56(59)50-47-44-15-12-9-6-3)64-58(61)52-49-46-43-41-39-37-35-32-25-23-21-19-17-14-11-8-5-2/h7-8,10-11,16-19,22-25,27-28,35,37,41,43,55H,4-6,9,12-15,20-21,26,29-34,36,38-40,42,44-54H2,1-3H3/b10-7-,11-8-,18-16-,19-17-,24-22-,25-23-,28-27-,37-35-,43-41-. The SMILES string of the molecule is CC/C=C\C/C=C\C/C=C\C/C=C\C/C=C\CCCC(=O)OC(COC(=O)CCCCCCCC)COC(=O)CCCCCCCCCCCC/C=C\C/C=C\C/C=C\C/C=C\CC. The van der Waals surface area contributed by atoms with E-state index in [2.05, 4.69) is 130 Å². The molecule has 0 rings (SSSR count). The van der Waals surface area contributed by atoms with Crippen molar-refractivity contribution in [2.45, 2.75) is 226 Å². The lowest BCUT2D eigenvalue weighted by atomic mass is 10.1. The van der Waals surface area contributed by atoms with Crippen LogP contribution in [-0.2, 0) is 28.6 Å². The molecule has 1 unspecified atom stereocenters. The third kappa shape index (κ3) is 49.1. The van der Waals surface area contributed by atoms with Gasteiger partial charge in [0.2, 0.25) is 0 Å². The van der Waals surface area contributed by atoms with Gasteiger partial charge in [0.1, 0.15) is 13.2 Å². The van der Waals surface area contributed by atoms with Crippen molar-refractivity contribution >= 4 is 17.9 Å². The van der Waals surface area contributed by atoms with Gasteiger partial charge in [0, 0.05) is 19.3 Å². The number of unbranched alkanes of at least 4 members (excludes halogenated alkanes) is 16. The molecule has 0 saturated carbocycles. The van der Waals surface area contributed by atoms with Gasteiger partial charge in [-0.15, -0.1) is 0 Å². The summed E-state index contributed by atoms with van der Waals surface area (Å²) in [7, 11) is 0. The fraction of sp³-hybridized carbons (Fsp3) is 0.638. The van der Waals surface area contributed by atoms with Crippen LogP contribution in [0.15, 0.2) is 109 Å². The van der Waals surface area contributed by atoms with Gasteiger partial charge in [-0.05, 0) is 96.3 Å². The van der Waals surface area contributed by atoms with Crippen molar-refractivity contribution in [1.82, 2.24) is 0 Å². The zero-order valence-electron chi connectivity index (χ0n) is 41.3. The van der Waals surface area contributed by atoms with Crippen molar-refractivity contribution in [2.24, 2.45) is 0 Å². The van der Waals surface area contributed by atoms with E-state index in [0.717, 1.165) is 103 Å². The summed E-state index contributed by atoms with van der Waals surface area (Å²) in [5, 5.41) is 0. The summed E-state index contributed by atoms with van der Waals surface area (Å²) in [6, 6.07) is 0. The number of carbonyl (C=O) groups excluding carboxylic acids is 3. The fourth-order valence-electron chi connectivity index (χ4n) is 6.70. The maximum atomic E-state index is 12.7. The Morgan fingerprint density at radius 2 is 0.625 bits per heavy atom. The first-order chi connectivity index (χ1) is 31.5. The van der Waals surface area contributed by atoms with E-state index in [1.165, 1.54) is 70.6 Å². The van der Waals surface area contributed by atoms with Crippen LogP contribution >= 0.6 is 0 Å². The summed E-state index contributed by atoms with van der Waals surface area (Å²) in [6.07, 6.45) is 69.6. The first kappa shape index (κ1) is 60.1. The third-order valence-electron chi connectivity index (χ3n) is 10.5. The highest BCUT2D eigenvalue weighted by atomic mass is 16.6. The molecule has 0 heterocycles. The van der Waals surface area contributed by atoms with E-state index in [1.54, 1.807) is 0 Å². The Hall–Kier alpha value is -3.93. The molecule has 6 nitrogen and oxygen atoms in total. The van der Waals surface area contributed by atoms with Gasteiger partial charge in [-0.1, -0.05) is 214 Å². The van der Waals surface area contributed by atoms with Crippen LogP contribution in [0.5, 0.6) is 0 Å². The molecule has 0 amide bonds. The Morgan fingerprint density at radius 1 is 0.328 bits per heavy atom. The van der Waals surface area contributed by atoms with Crippen molar-refractivity contribution < 1.29 is 28.6 Å². The number of hydrogen-bond donors (Lipinski definition) is 0. The molecule has 0 aromatic heterocycles. The molecule has 0 saturated heterocycles. The smallest absolute Gasteiger partial charge is 0.306 e. The normalized spacial score (nSPS) is 13.0. The van der Waals surface area contributed by atoms with E-state index in [-0.39, 0.29) is 37.5 Å². The van der Waals surface area contributed by atoms with E-state index in [0.29, 0.717) is 19.3 Å². The number of hydrogen-bond acceptors (Lipinski definition) is 6. The summed E-state index contributed by atoms with van der Waals surface area (Å²) in [4.78, 5) is 37.7. The molecule has 1 atom stereocenters. The zero-order valence-corrected chi connectivity index (χ0v) is 41.3. The maximum absolute atomic E-state index is 12.7. The number of rotatable bonds is 45. The Morgan fingerprint density at radius 3 is 1.00 bits per heavy atom. The lowest BCUT2D eigenvalue weighted by Crippen LogP contribution is -2.30. The molecule has 362 valence electrons. The molecule has 0 aliphatic rings. The molecule has 0 aliphatic carbocycles. The maximum Gasteiger partial charge on any atom is 0.306 e. The number of allylic oxidation sites excluding steroid dienone is 18. The molecule has 0 aromatic carbocycles. The van der Waals surface area contributed by atoms with Gasteiger partial charge in [0.15, 0.2) is 6.10 Å². The molecule has 0 spiro atoms. The average molecular weight is 887 g/mol. The van der Waals surface area contributed by atoms with Gasteiger partial charge in [-0.25, -0.2) is 0 Å². The highest BCUT2D eigenvalue weighted by Gasteiger charge is 2.19. The molecular formula is C58H94O6. The molecule has 0 aromatic rings. The molecule has 64 heavy (non-hydrogen) atoms. The van der Waals surface area contributed by atoms with Crippen LogP contribution in [0.3, 0.4) is 0 Å². The van der Waals surface area contributed by atoms with Crippen LogP contribution in [0.4, 0.5) is 0 Å². The first-order valence-electron chi connectivity index (χ1n) is 25.9. The largest absolute Gasteiger partial charge is 0.462 e. The summed E-state index contributed by atoms with van der Waals surface area (Å²) in [6.45, 7) is 6.29. The van der Waals surface area contributed by atoms with Gasteiger partial charge < -0.3 is 14.2 Å². The van der Waals surface area contributed by atoms with Crippen LogP contribution in [0.2, 0.25) is 0 Å². The van der Waals surface area contributed by atoms with Gasteiger partial charge in [-0.2, -0.15) is 0 Å². The first-order valence-corrected chi connectivity index (χ1v) is 25.9. The molecule has 0 radical (unpaired) electrons. The van der Waals surface area contributed by atoms with E-state index >= 15 is 0 Å². The topological polar surface area (TPSA) is 78.9 Å². The quantitative estimate of drug-likeness (QED) is 0.0262. The lowest BCUT2D eigenvalue weighted by Gasteiger charge is -2.18. The van der Waals surface area contributed by atoms with Crippen LogP contribution in [-0.4, -0.2) is 37.2 Å².